The lowest BCUT2D eigenvalue weighted by Gasteiger charge is -2.26. The molecule has 1 aliphatic heterocycles. The topological polar surface area (TPSA) is 77.8 Å². The van der Waals surface area contributed by atoms with E-state index < -0.39 is 23.5 Å². The number of aliphatic hydroxyl groups excluding tert-OH is 2. The molecular weight excluding hydrogens is 366 g/mol. The van der Waals surface area contributed by atoms with Gasteiger partial charge >= 0.3 is 0 Å². The summed E-state index contributed by atoms with van der Waals surface area (Å²) < 4.78 is 0. The summed E-state index contributed by atoms with van der Waals surface area (Å²) in [5.74, 6) is -1.28. The van der Waals surface area contributed by atoms with Gasteiger partial charge in [-0.3, -0.25) is 9.59 Å². The first-order valence-electron chi connectivity index (χ1n) is 9.66. The molecule has 2 N–H and O–H groups in total. The fraction of sp³-hybridized carbons (Fsp3) is 0.250. The molecule has 1 unspecified atom stereocenters. The molecular formula is C24H25NO4. The Morgan fingerprint density at radius 2 is 1.76 bits per heavy atom. The van der Waals surface area contributed by atoms with Crippen molar-refractivity contribution in [2.45, 2.75) is 25.8 Å². The van der Waals surface area contributed by atoms with E-state index in [2.05, 4.69) is 13.8 Å². The van der Waals surface area contributed by atoms with Gasteiger partial charge in [-0.15, -0.1) is 0 Å². The molecule has 0 aliphatic carbocycles. The van der Waals surface area contributed by atoms with E-state index >= 15 is 0 Å². The van der Waals surface area contributed by atoms with E-state index in [0.717, 1.165) is 16.7 Å². The Kier molecular flexibility index (Phi) is 6.29. The minimum absolute atomic E-state index is 0.0265. The first-order valence-corrected chi connectivity index (χ1v) is 9.66. The Balaban J connectivity index is 1.98. The van der Waals surface area contributed by atoms with Gasteiger partial charge < -0.3 is 15.1 Å². The average Bonchev–Trinajstić information content (AvgIpc) is 2.98. The molecule has 0 fully saturated rings. The number of β-amino-alcohol motifs (C(OH)–C–C–N with tert-alkyl or cyclic N) is 1. The molecule has 5 nitrogen and oxygen atoms in total. The molecule has 2 aromatic carbocycles. The molecule has 0 bridgehead atoms. The number of nitrogens with zero attached hydrogens (tertiary/aromatic N) is 1. The Hall–Kier alpha value is -3.18. The van der Waals surface area contributed by atoms with Gasteiger partial charge in [0.1, 0.15) is 0 Å². The van der Waals surface area contributed by atoms with Crippen molar-refractivity contribution < 1.29 is 19.8 Å². The van der Waals surface area contributed by atoms with Crippen LogP contribution in [0.5, 0.6) is 0 Å². The minimum atomic E-state index is -0.733. The maximum atomic E-state index is 12.9. The van der Waals surface area contributed by atoms with Crippen LogP contribution in [0.1, 0.15) is 42.5 Å². The second-order valence-electron chi connectivity index (χ2n) is 7.32. The van der Waals surface area contributed by atoms with Crippen LogP contribution in [-0.4, -0.2) is 40.0 Å². The van der Waals surface area contributed by atoms with Crippen LogP contribution >= 0.6 is 0 Å². The number of rotatable bonds is 7. The smallest absolute Gasteiger partial charge is 0.290 e. The third-order valence-electron chi connectivity index (χ3n) is 5.06. The first-order chi connectivity index (χ1) is 13.9. The maximum Gasteiger partial charge on any atom is 0.290 e. The number of benzene rings is 2. The zero-order valence-corrected chi connectivity index (χ0v) is 16.6. The zero-order chi connectivity index (χ0) is 21.0. The number of carbonyl (C=O) groups excluding carboxylic acids is 2. The average molecular weight is 391 g/mol. The third-order valence-corrected chi connectivity index (χ3v) is 5.06. The van der Waals surface area contributed by atoms with Gasteiger partial charge in [-0.2, -0.15) is 0 Å². The number of hydrogen-bond acceptors (Lipinski definition) is 4. The van der Waals surface area contributed by atoms with Crippen LogP contribution in [0.25, 0.3) is 6.08 Å². The summed E-state index contributed by atoms with van der Waals surface area (Å²) in [7, 11) is 0. The lowest BCUT2D eigenvalue weighted by atomic mass is 9.93. The summed E-state index contributed by atoms with van der Waals surface area (Å²) in [5, 5.41) is 19.8. The highest BCUT2D eigenvalue weighted by molar-refractivity contribution is 6.14. The van der Waals surface area contributed by atoms with Gasteiger partial charge in [0.05, 0.1) is 18.2 Å². The van der Waals surface area contributed by atoms with E-state index in [4.69, 9.17) is 0 Å². The van der Waals surface area contributed by atoms with Crippen molar-refractivity contribution in [3.63, 3.8) is 0 Å². The standard InChI is InChI=1S/C24H25NO4/c1-16(2)18-9-11-19(12-10-18)22-21(23(28)24(29)25(22)14-15-26)20(27)13-8-17-6-4-3-5-7-17/h3-13,16,22,26,28H,14-15H2,1-2H3/b13-8+. The summed E-state index contributed by atoms with van der Waals surface area (Å²) in [4.78, 5) is 26.8. The number of amides is 1. The van der Waals surface area contributed by atoms with Crippen LogP contribution in [0.15, 0.2) is 72.0 Å². The Morgan fingerprint density at radius 3 is 2.34 bits per heavy atom. The number of allylic oxidation sites excluding steroid dienone is 1. The number of ketones is 1. The van der Waals surface area contributed by atoms with Gasteiger partial charge in [0, 0.05) is 6.54 Å². The molecule has 2 aromatic rings. The predicted molar refractivity (Wildman–Crippen MR) is 112 cm³/mol. The minimum Gasteiger partial charge on any atom is -0.503 e. The first kappa shape index (κ1) is 20.6. The number of aliphatic hydroxyl groups is 2. The summed E-state index contributed by atoms with van der Waals surface area (Å²) in [6.45, 7) is 3.93. The van der Waals surface area contributed by atoms with Crippen molar-refractivity contribution in [2.24, 2.45) is 0 Å². The largest absolute Gasteiger partial charge is 0.503 e. The summed E-state index contributed by atoms with van der Waals surface area (Å²) >= 11 is 0. The molecule has 1 atom stereocenters. The molecule has 29 heavy (non-hydrogen) atoms. The van der Waals surface area contributed by atoms with E-state index in [0.29, 0.717) is 5.92 Å². The van der Waals surface area contributed by atoms with Crippen LogP contribution in [0.4, 0.5) is 0 Å². The van der Waals surface area contributed by atoms with Crippen molar-refractivity contribution in [3.8, 4) is 0 Å². The van der Waals surface area contributed by atoms with Crippen molar-refractivity contribution >= 4 is 17.8 Å². The van der Waals surface area contributed by atoms with Crippen LogP contribution in [0, 0.1) is 0 Å². The van der Waals surface area contributed by atoms with Gasteiger partial charge in [0.25, 0.3) is 5.91 Å². The second-order valence-corrected chi connectivity index (χ2v) is 7.32. The quantitative estimate of drug-likeness (QED) is 0.704. The van der Waals surface area contributed by atoms with Crippen LogP contribution in [0.2, 0.25) is 0 Å². The molecule has 5 heteroatoms. The lowest BCUT2D eigenvalue weighted by molar-refractivity contribution is -0.129. The molecule has 150 valence electrons. The van der Waals surface area contributed by atoms with Crippen LogP contribution in [-0.2, 0) is 9.59 Å². The van der Waals surface area contributed by atoms with Gasteiger partial charge in [-0.1, -0.05) is 74.5 Å². The highest BCUT2D eigenvalue weighted by atomic mass is 16.3. The van der Waals surface area contributed by atoms with Gasteiger partial charge in [0.15, 0.2) is 11.5 Å². The Bertz CT molecular complexity index is 943. The summed E-state index contributed by atoms with van der Waals surface area (Å²) in [6, 6.07) is 16.2. The van der Waals surface area contributed by atoms with E-state index in [1.165, 1.54) is 11.0 Å². The normalized spacial score (nSPS) is 17.0. The van der Waals surface area contributed by atoms with Crippen molar-refractivity contribution in [1.29, 1.82) is 0 Å². The number of carbonyl (C=O) groups is 2. The fourth-order valence-corrected chi connectivity index (χ4v) is 3.48. The van der Waals surface area contributed by atoms with Gasteiger partial charge in [0.2, 0.25) is 0 Å². The van der Waals surface area contributed by atoms with Crippen molar-refractivity contribution in [3.05, 3.63) is 88.7 Å². The van der Waals surface area contributed by atoms with E-state index in [9.17, 15) is 19.8 Å². The van der Waals surface area contributed by atoms with Crippen LogP contribution in [0.3, 0.4) is 0 Å². The highest BCUT2D eigenvalue weighted by Crippen LogP contribution is 2.38. The molecule has 0 radical (unpaired) electrons. The second kappa shape index (κ2) is 8.88. The summed E-state index contributed by atoms with van der Waals surface area (Å²) in [6.07, 6.45) is 3.02. The monoisotopic (exact) mass is 391 g/mol. The van der Waals surface area contributed by atoms with Crippen molar-refractivity contribution in [2.75, 3.05) is 13.2 Å². The van der Waals surface area contributed by atoms with Crippen LogP contribution < -0.4 is 0 Å². The van der Waals surface area contributed by atoms with Crippen molar-refractivity contribution in [1.82, 2.24) is 4.90 Å². The molecule has 3 rings (SSSR count). The SMILES string of the molecule is CC(C)c1ccc(C2C(C(=O)/C=C/c3ccccc3)=C(O)C(=O)N2CCO)cc1. The fourth-order valence-electron chi connectivity index (χ4n) is 3.48. The van der Waals surface area contributed by atoms with E-state index in [1.807, 2.05) is 54.6 Å². The lowest BCUT2D eigenvalue weighted by Crippen LogP contribution is -2.33. The van der Waals surface area contributed by atoms with Gasteiger partial charge in [-0.05, 0) is 28.7 Å². The molecule has 1 heterocycles. The van der Waals surface area contributed by atoms with E-state index in [-0.39, 0.29) is 18.7 Å². The molecule has 0 aromatic heterocycles. The number of hydrogen-bond donors (Lipinski definition) is 2. The highest BCUT2D eigenvalue weighted by Gasteiger charge is 2.42. The molecule has 0 saturated carbocycles. The summed E-state index contributed by atoms with van der Waals surface area (Å²) in [5.41, 5.74) is 2.73. The maximum absolute atomic E-state index is 12.9. The third kappa shape index (κ3) is 4.30. The Labute approximate surface area is 170 Å². The van der Waals surface area contributed by atoms with Gasteiger partial charge in [-0.25, -0.2) is 0 Å². The zero-order valence-electron chi connectivity index (χ0n) is 16.6. The van der Waals surface area contributed by atoms with E-state index in [1.54, 1.807) is 6.08 Å². The molecule has 0 spiro atoms. The predicted octanol–water partition coefficient (Wildman–Crippen LogP) is 3.78. The molecule has 1 aliphatic rings. The Morgan fingerprint density at radius 1 is 1.10 bits per heavy atom. The molecule has 1 amide bonds. The molecule has 0 saturated heterocycles.